The highest BCUT2D eigenvalue weighted by molar-refractivity contribution is 6.30. The number of carbonyl (C=O) groups is 1. The molecule has 0 atom stereocenters. The van der Waals surface area contributed by atoms with Crippen LogP contribution in [0.25, 0.3) is 5.69 Å². The topological polar surface area (TPSA) is 55.1 Å². The average molecular weight is 291 g/mol. The molecule has 0 bridgehead atoms. The Labute approximate surface area is 110 Å². The molecule has 0 aliphatic heterocycles. The molecule has 0 aliphatic carbocycles. The van der Waals surface area contributed by atoms with E-state index in [2.05, 4.69) is 5.10 Å². The maximum absolute atomic E-state index is 12.5. The van der Waals surface area contributed by atoms with Gasteiger partial charge in [-0.15, -0.1) is 0 Å². The molecule has 2 rings (SSSR count). The largest absolute Gasteiger partial charge is 0.478 e. The molecule has 0 fully saturated rings. The summed E-state index contributed by atoms with van der Waals surface area (Å²) in [5.41, 5.74) is -1.19. The summed E-state index contributed by atoms with van der Waals surface area (Å²) in [6.45, 7) is 0. The number of halogens is 4. The number of hydrogen-bond donors (Lipinski definition) is 1. The monoisotopic (exact) mass is 290 g/mol. The highest BCUT2D eigenvalue weighted by atomic mass is 35.5. The molecule has 19 heavy (non-hydrogen) atoms. The minimum Gasteiger partial charge on any atom is -0.478 e. The van der Waals surface area contributed by atoms with Crippen LogP contribution in [0.4, 0.5) is 13.2 Å². The molecule has 0 saturated carbocycles. The van der Waals surface area contributed by atoms with Crippen molar-refractivity contribution in [1.82, 2.24) is 9.78 Å². The molecule has 2 aromatic rings. The van der Waals surface area contributed by atoms with Crippen LogP contribution in [0.15, 0.2) is 30.6 Å². The molecule has 8 heteroatoms. The van der Waals surface area contributed by atoms with E-state index in [1.807, 2.05) is 0 Å². The first-order chi connectivity index (χ1) is 8.79. The highest BCUT2D eigenvalue weighted by Crippen LogP contribution is 2.30. The Kier molecular flexibility index (Phi) is 3.23. The molecule has 0 radical (unpaired) electrons. The lowest BCUT2D eigenvalue weighted by Gasteiger charge is -2.06. The van der Waals surface area contributed by atoms with Gasteiger partial charge in [-0.3, -0.25) is 0 Å². The van der Waals surface area contributed by atoms with Crippen LogP contribution in [-0.2, 0) is 6.18 Å². The first-order valence-electron chi connectivity index (χ1n) is 4.94. The molecule has 0 aliphatic rings. The molecule has 0 amide bonds. The molecule has 1 aromatic carbocycles. The Balaban J connectivity index is 2.55. The second kappa shape index (κ2) is 4.58. The van der Waals surface area contributed by atoms with Gasteiger partial charge in [0, 0.05) is 11.2 Å². The molecule has 100 valence electrons. The first kappa shape index (κ1) is 13.4. The number of aromatic nitrogens is 2. The molecular formula is C11H6ClF3N2O2. The summed E-state index contributed by atoms with van der Waals surface area (Å²) >= 11 is 5.71. The number of benzene rings is 1. The second-order valence-electron chi connectivity index (χ2n) is 3.64. The molecule has 1 heterocycles. The van der Waals surface area contributed by atoms with Crippen LogP contribution in [0.5, 0.6) is 0 Å². The maximum atomic E-state index is 12.5. The maximum Gasteiger partial charge on any atom is 0.419 e. The van der Waals surface area contributed by atoms with Crippen molar-refractivity contribution in [3.63, 3.8) is 0 Å². The minimum atomic E-state index is -4.54. The van der Waals surface area contributed by atoms with Gasteiger partial charge in [0.05, 0.1) is 23.0 Å². The van der Waals surface area contributed by atoms with Crippen molar-refractivity contribution >= 4 is 17.6 Å². The van der Waals surface area contributed by atoms with Gasteiger partial charge in [0.1, 0.15) is 0 Å². The summed E-state index contributed by atoms with van der Waals surface area (Å²) in [4.78, 5) is 11.0. The van der Waals surface area contributed by atoms with E-state index in [1.165, 1.54) is 18.2 Å². The highest BCUT2D eigenvalue weighted by Gasteiger charge is 2.32. The Morgan fingerprint density at radius 2 is 2.05 bits per heavy atom. The van der Waals surface area contributed by atoms with Gasteiger partial charge in [0.25, 0.3) is 0 Å². The number of carboxylic acids is 1. The number of carboxylic acid groups (broad SMARTS) is 1. The summed E-state index contributed by atoms with van der Waals surface area (Å²) in [7, 11) is 0. The molecule has 0 unspecified atom stereocenters. The summed E-state index contributed by atoms with van der Waals surface area (Å²) < 4.78 is 38.2. The molecule has 4 nitrogen and oxygen atoms in total. The fourth-order valence-electron chi connectivity index (χ4n) is 1.48. The van der Waals surface area contributed by atoms with Crippen molar-refractivity contribution in [2.75, 3.05) is 0 Å². The van der Waals surface area contributed by atoms with Crippen LogP contribution in [-0.4, -0.2) is 20.9 Å². The fourth-order valence-corrected chi connectivity index (χ4v) is 1.64. The van der Waals surface area contributed by atoms with Gasteiger partial charge >= 0.3 is 12.1 Å². The van der Waals surface area contributed by atoms with E-state index in [4.69, 9.17) is 16.7 Å². The Bertz CT molecular complexity index is 637. The van der Waals surface area contributed by atoms with Gasteiger partial charge in [-0.25, -0.2) is 9.48 Å². The van der Waals surface area contributed by atoms with E-state index >= 15 is 0 Å². The van der Waals surface area contributed by atoms with Gasteiger partial charge in [-0.2, -0.15) is 18.3 Å². The normalized spacial score (nSPS) is 11.6. The molecule has 0 saturated heterocycles. The third-order valence-corrected chi connectivity index (χ3v) is 2.58. The van der Waals surface area contributed by atoms with Gasteiger partial charge in [0.2, 0.25) is 0 Å². The standard InChI is InChI=1S/C11H6ClF3N2O2/c12-7-1-2-8(10(18)19)9(3-7)17-5-6(4-16-17)11(13,14)15/h1-5H,(H,18,19). The molecular weight excluding hydrogens is 285 g/mol. The molecule has 0 spiro atoms. The third-order valence-electron chi connectivity index (χ3n) is 2.35. The van der Waals surface area contributed by atoms with Crippen LogP contribution in [0.1, 0.15) is 15.9 Å². The lowest BCUT2D eigenvalue weighted by atomic mass is 10.2. The fraction of sp³-hybridized carbons (Fsp3) is 0.0909. The minimum absolute atomic E-state index is 0.0319. The van der Waals surface area contributed by atoms with Crippen LogP contribution in [0.3, 0.4) is 0 Å². The van der Waals surface area contributed by atoms with Crippen molar-refractivity contribution in [1.29, 1.82) is 0 Å². The number of rotatable bonds is 2. The van der Waals surface area contributed by atoms with E-state index < -0.39 is 17.7 Å². The van der Waals surface area contributed by atoms with E-state index in [-0.39, 0.29) is 16.3 Å². The zero-order chi connectivity index (χ0) is 14.2. The summed E-state index contributed by atoms with van der Waals surface area (Å²) in [5, 5.41) is 12.7. The van der Waals surface area contributed by atoms with Crippen LogP contribution >= 0.6 is 11.6 Å². The zero-order valence-electron chi connectivity index (χ0n) is 9.15. The predicted octanol–water partition coefficient (Wildman–Crippen LogP) is 3.24. The zero-order valence-corrected chi connectivity index (χ0v) is 9.90. The lowest BCUT2D eigenvalue weighted by molar-refractivity contribution is -0.137. The number of aromatic carboxylic acids is 1. The molecule has 1 aromatic heterocycles. The number of nitrogens with zero attached hydrogens (tertiary/aromatic N) is 2. The van der Waals surface area contributed by atoms with E-state index in [0.29, 0.717) is 12.4 Å². The quantitative estimate of drug-likeness (QED) is 0.924. The number of alkyl halides is 3. The van der Waals surface area contributed by atoms with Gasteiger partial charge in [-0.05, 0) is 18.2 Å². The van der Waals surface area contributed by atoms with Gasteiger partial charge < -0.3 is 5.11 Å². The number of hydrogen-bond acceptors (Lipinski definition) is 2. The third kappa shape index (κ3) is 2.70. The van der Waals surface area contributed by atoms with Crippen LogP contribution in [0, 0.1) is 0 Å². The van der Waals surface area contributed by atoms with E-state index in [9.17, 15) is 18.0 Å². The lowest BCUT2D eigenvalue weighted by Crippen LogP contribution is -2.06. The Morgan fingerprint density at radius 3 is 2.58 bits per heavy atom. The van der Waals surface area contributed by atoms with Gasteiger partial charge in [-0.1, -0.05) is 11.6 Å². The van der Waals surface area contributed by atoms with Gasteiger partial charge in [0.15, 0.2) is 0 Å². The second-order valence-corrected chi connectivity index (χ2v) is 4.07. The SMILES string of the molecule is O=C(O)c1ccc(Cl)cc1-n1cc(C(F)(F)F)cn1. The van der Waals surface area contributed by atoms with Crippen molar-refractivity contribution in [3.8, 4) is 5.69 Å². The first-order valence-corrected chi connectivity index (χ1v) is 5.32. The smallest absolute Gasteiger partial charge is 0.419 e. The Hall–Kier alpha value is -2.02. The van der Waals surface area contributed by atoms with Crippen LogP contribution < -0.4 is 0 Å². The van der Waals surface area contributed by atoms with Crippen LogP contribution in [0.2, 0.25) is 5.02 Å². The van der Waals surface area contributed by atoms with E-state index in [0.717, 1.165) is 4.68 Å². The van der Waals surface area contributed by atoms with Crippen molar-refractivity contribution in [2.24, 2.45) is 0 Å². The van der Waals surface area contributed by atoms with Crippen molar-refractivity contribution in [2.45, 2.75) is 6.18 Å². The van der Waals surface area contributed by atoms with Crippen molar-refractivity contribution < 1.29 is 23.1 Å². The summed E-state index contributed by atoms with van der Waals surface area (Å²) in [6, 6.07) is 3.77. The average Bonchev–Trinajstić information content (AvgIpc) is 2.77. The molecule has 1 N–H and O–H groups in total. The predicted molar refractivity (Wildman–Crippen MR) is 60.5 cm³/mol. The summed E-state index contributed by atoms with van der Waals surface area (Å²) in [6.07, 6.45) is -3.22. The van der Waals surface area contributed by atoms with Crippen molar-refractivity contribution in [3.05, 3.63) is 46.7 Å². The van der Waals surface area contributed by atoms with E-state index in [1.54, 1.807) is 0 Å². The Morgan fingerprint density at radius 1 is 1.37 bits per heavy atom. The summed E-state index contributed by atoms with van der Waals surface area (Å²) in [5.74, 6) is -1.28.